The Morgan fingerprint density at radius 2 is 1.68 bits per heavy atom. The first-order valence-electron chi connectivity index (χ1n) is 9.44. The Hall–Kier alpha value is -2.63. The lowest BCUT2D eigenvalue weighted by molar-refractivity contribution is -0.137. The fraction of sp³-hybridized carbons (Fsp3) is 0.350. The Labute approximate surface area is 177 Å². The van der Waals surface area contributed by atoms with Crippen LogP contribution < -0.4 is 9.62 Å². The van der Waals surface area contributed by atoms with Crippen LogP contribution in [0.15, 0.2) is 47.4 Å². The molecule has 0 unspecified atom stereocenters. The van der Waals surface area contributed by atoms with Gasteiger partial charge in [-0.1, -0.05) is 18.2 Å². The molecule has 0 bridgehead atoms. The lowest BCUT2D eigenvalue weighted by Gasteiger charge is -2.32. The van der Waals surface area contributed by atoms with Crippen molar-refractivity contribution in [1.82, 2.24) is 5.32 Å². The summed E-state index contributed by atoms with van der Waals surface area (Å²) in [6, 6.07) is 7.77. The van der Waals surface area contributed by atoms with Crippen molar-refractivity contribution in [2.24, 2.45) is 0 Å². The van der Waals surface area contributed by atoms with Crippen molar-refractivity contribution >= 4 is 21.6 Å². The molecule has 2 aromatic rings. The van der Waals surface area contributed by atoms with Gasteiger partial charge in [-0.2, -0.15) is 13.2 Å². The third-order valence-electron chi connectivity index (χ3n) is 4.95. The van der Waals surface area contributed by atoms with Crippen LogP contribution in [0.4, 0.5) is 18.9 Å². The van der Waals surface area contributed by atoms with Gasteiger partial charge in [-0.25, -0.2) is 8.42 Å². The SMILES string of the molecule is O=C(CN1c2ccc(C(F)(F)F)cc2-c2ccccc2S1(=O)=O)NC(CCO)CCO. The highest BCUT2D eigenvalue weighted by atomic mass is 32.2. The number of anilines is 1. The molecule has 0 radical (unpaired) electrons. The number of amides is 1. The van der Waals surface area contributed by atoms with E-state index in [-0.39, 0.29) is 47.8 Å². The van der Waals surface area contributed by atoms with Crippen LogP contribution in [-0.2, 0) is 21.0 Å². The molecule has 1 aliphatic rings. The second-order valence-electron chi connectivity index (χ2n) is 7.03. The predicted molar refractivity (Wildman–Crippen MR) is 107 cm³/mol. The van der Waals surface area contributed by atoms with Crippen molar-refractivity contribution in [3.05, 3.63) is 48.0 Å². The minimum atomic E-state index is -4.62. The van der Waals surface area contributed by atoms with E-state index in [9.17, 15) is 26.4 Å². The van der Waals surface area contributed by atoms with Gasteiger partial charge in [0.15, 0.2) is 0 Å². The summed E-state index contributed by atoms with van der Waals surface area (Å²) in [4.78, 5) is 12.3. The molecule has 0 aliphatic carbocycles. The van der Waals surface area contributed by atoms with E-state index >= 15 is 0 Å². The average Bonchev–Trinajstić information content (AvgIpc) is 2.70. The van der Waals surface area contributed by atoms with Crippen molar-refractivity contribution in [1.29, 1.82) is 0 Å². The van der Waals surface area contributed by atoms with E-state index in [1.807, 2.05) is 0 Å². The number of alkyl halides is 3. The minimum absolute atomic E-state index is 0.0392. The Bertz CT molecular complexity index is 1070. The van der Waals surface area contributed by atoms with Crippen molar-refractivity contribution in [3.8, 4) is 11.1 Å². The number of hydrogen-bond donors (Lipinski definition) is 3. The number of rotatable bonds is 7. The number of nitrogens with one attached hydrogen (secondary N) is 1. The zero-order valence-electron chi connectivity index (χ0n) is 16.3. The number of aliphatic hydroxyl groups excluding tert-OH is 2. The maximum Gasteiger partial charge on any atom is 0.416 e. The molecule has 0 atom stereocenters. The Morgan fingerprint density at radius 1 is 1.03 bits per heavy atom. The fourth-order valence-electron chi connectivity index (χ4n) is 3.48. The molecule has 3 rings (SSSR count). The maximum atomic E-state index is 13.2. The van der Waals surface area contributed by atoms with Crippen LogP contribution in [0.1, 0.15) is 18.4 Å². The van der Waals surface area contributed by atoms with Gasteiger partial charge in [0.05, 0.1) is 16.1 Å². The largest absolute Gasteiger partial charge is 0.416 e. The summed E-state index contributed by atoms with van der Waals surface area (Å²) < 4.78 is 66.8. The molecule has 1 aliphatic heterocycles. The first-order chi connectivity index (χ1) is 14.6. The van der Waals surface area contributed by atoms with Crippen LogP contribution in [0.2, 0.25) is 0 Å². The fourth-order valence-corrected chi connectivity index (χ4v) is 5.13. The van der Waals surface area contributed by atoms with Crippen LogP contribution in [0.3, 0.4) is 0 Å². The van der Waals surface area contributed by atoms with Gasteiger partial charge < -0.3 is 15.5 Å². The Balaban J connectivity index is 2.03. The molecule has 31 heavy (non-hydrogen) atoms. The molecular formula is C20H21F3N2O5S. The van der Waals surface area contributed by atoms with Crippen LogP contribution in [0, 0.1) is 0 Å². The predicted octanol–water partition coefficient (Wildman–Crippen LogP) is 2.13. The highest BCUT2D eigenvalue weighted by Crippen LogP contribution is 2.45. The minimum Gasteiger partial charge on any atom is -0.396 e. The molecule has 0 saturated heterocycles. The number of sulfonamides is 1. The van der Waals surface area contributed by atoms with E-state index in [4.69, 9.17) is 10.2 Å². The number of benzene rings is 2. The number of halogens is 3. The van der Waals surface area contributed by atoms with Crippen LogP contribution in [-0.4, -0.2) is 50.3 Å². The third-order valence-corrected chi connectivity index (χ3v) is 6.76. The zero-order valence-corrected chi connectivity index (χ0v) is 17.1. The van der Waals surface area contributed by atoms with Gasteiger partial charge in [-0.15, -0.1) is 0 Å². The normalized spacial score (nSPS) is 14.8. The molecule has 0 spiro atoms. The first-order valence-corrected chi connectivity index (χ1v) is 10.9. The van der Waals surface area contributed by atoms with E-state index in [0.717, 1.165) is 22.5 Å². The van der Waals surface area contributed by atoms with E-state index in [1.165, 1.54) is 24.3 Å². The number of nitrogens with zero attached hydrogens (tertiary/aromatic N) is 1. The molecule has 0 fully saturated rings. The van der Waals surface area contributed by atoms with E-state index in [1.54, 1.807) is 0 Å². The Morgan fingerprint density at radius 3 is 2.29 bits per heavy atom. The number of fused-ring (bicyclic) bond motifs is 3. The van der Waals surface area contributed by atoms with Gasteiger partial charge in [0, 0.05) is 30.4 Å². The van der Waals surface area contributed by atoms with Gasteiger partial charge in [0.2, 0.25) is 5.91 Å². The van der Waals surface area contributed by atoms with Gasteiger partial charge in [-0.05, 0) is 37.1 Å². The quantitative estimate of drug-likeness (QED) is 0.589. The number of carbonyl (C=O) groups is 1. The summed E-state index contributed by atoms with van der Waals surface area (Å²) in [5.41, 5.74) is -0.799. The standard InChI is InChI=1S/C20H21F3N2O5S/c21-20(22,23)13-5-6-17-16(11-13)15-3-1-2-4-18(15)31(29,30)25(17)12-19(28)24-14(7-9-26)8-10-27/h1-6,11,14,26-27H,7-10,12H2,(H,24,28). The average molecular weight is 458 g/mol. The van der Waals surface area contributed by atoms with Crippen LogP contribution in [0.25, 0.3) is 11.1 Å². The molecular weight excluding hydrogens is 437 g/mol. The molecule has 0 aromatic heterocycles. The lowest BCUT2D eigenvalue weighted by Crippen LogP contribution is -2.46. The summed E-state index contributed by atoms with van der Waals surface area (Å²) in [5, 5.41) is 20.7. The summed E-state index contributed by atoms with van der Waals surface area (Å²) in [7, 11) is -4.21. The number of aliphatic hydroxyl groups is 2. The first kappa shape index (κ1) is 23.0. The molecule has 0 saturated carbocycles. The molecule has 11 heteroatoms. The summed E-state index contributed by atoms with van der Waals surface area (Å²) in [5.74, 6) is -0.708. The highest BCUT2D eigenvalue weighted by Gasteiger charge is 2.38. The van der Waals surface area contributed by atoms with E-state index in [0.29, 0.717) is 0 Å². The zero-order chi connectivity index (χ0) is 22.8. The van der Waals surface area contributed by atoms with Gasteiger partial charge >= 0.3 is 6.18 Å². The third kappa shape index (κ3) is 4.68. The highest BCUT2D eigenvalue weighted by molar-refractivity contribution is 7.93. The molecule has 3 N–H and O–H groups in total. The van der Waals surface area contributed by atoms with Gasteiger partial charge in [0.25, 0.3) is 10.0 Å². The molecule has 2 aromatic carbocycles. The molecule has 168 valence electrons. The smallest absolute Gasteiger partial charge is 0.396 e. The van der Waals surface area contributed by atoms with Crippen LogP contribution in [0.5, 0.6) is 0 Å². The molecule has 1 heterocycles. The second-order valence-corrected chi connectivity index (χ2v) is 8.86. The number of carbonyl (C=O) groups excluding carboxylic acids is 1. The second kappa shape index (κ2) is 8.85. The molecule has 1 amide bonds. The summed E-state index contributed by atoms with van der Waals surface area (Å²) >= 11 is 0. The van der Waals surface area contributed by atoms with E-state index in [2.05, 4.69) is 5.32 Å². The van der Waals surface area contributed by atoms with E-state index < -0.39 is 40.3 Å². The van der Waals surface area contributed by atoms with Gasteiger partial charge in [-0.3, -0.25) is 9.10 Å². The summed E-state index contributed by atoms with van der Waals surface area (Å²) in [6.45, 7) is -1.16. The van der Waals surface area contributed by atoms with Crippen molar-refractivity contribution in [2.75, 3.05) is 24.1 Å². The van der Waals surface area contributed by atoms with Gasteiger partial charge in [0.1, 0.15) is 6.54 Å². The Kier molecular flexibility index (Phi) is 6.58. The monoisotopic (exact) mass is 458 g/mol. The van der Waals surface area contributed by atoms with Crippen LogP contribution >= 0.6 is 0 Å². The lowest BCUT2D eigenvalue weighted by atomic mass is 10.00. The number of hydrogen-bond acceptors (Lipinski definition) is 5. The maximum absolute atomic E-state index is 13.2. The van der Waals surface area contributed by atoms with Crippen molar-refractivity contribution < 1.29 is 36.6 Å². The summed E-state index contributed by atoms with van der Waals surface area (Å²) in [6.07, 6.45) is -4.30. The molecule has 7 nitrogen and oxygen atoms in total. The van der Waals surface area contributed by atoms with Crippen molar-refractivity contribution in [3.63, 3.8) is 0 Å². The van der Waals surface area contributed by atoms with Crippen molar-refractivity contribution in [2.45, 2.75) is 30.0 Å². The topological polar surface area (TPSA) is 107 Å².